The van der Waals surface area contributed by atoms with Crippen LogP contribution in [0.25, 0.3) is 11.3 Å². The van der Waals surface area contributed by atoms with Gasteiger partial charge in [-0.15, -0.1) is 0 Å². The van der Waals surface area contributed by atoms with Crippen molar-refractivity contribution in [3.63, 3.8) is 0 Å². The third-order valence-electron chi connectivity index (χ3n) is 2.92. The fraction of sp³-hybridized carbons (Fsp3) is 0. The number of aldehydes is 1. The molecule has 0 atom stereocenters. The van der Waals surface area contributed by atoms with Crippen molar-refractivity contribution in [3.05, 3.63) is 71.4 Å². The maximum absolute atomic E-state index is 10.7. The average Bonchev–Trinajstić information content (AvgIpc) is 2.99. The van der Waals surface area contributed by atoms with Gasteiger partial charge in [0.25, 0.3) is 0 Å². The minimum atomic E-state index is 0.260. The van der Waals surface area contributed by atoms with Crippen LogP contribution in [0.5, 0.6) is 11.5 Å². The van der Waals surface area contributed by atoms with Gasteiger partial charge < -0.3 is 9.15 Å². The number of rotatable bonds is 4. The number of carbonyl (C=O) groups is 1. The lowest BCUT2D eigenvalue weighted by Crippen LogP contribution is -1.87. The molecular formula is C17H11ClO3. The van der Waals surface area contributed by atoms with Crippen molar-refractivity contribution in [3.8, 4) is 22.8 Å². The van der Waals surface area contributed by atoms with E-state index in [2.05, 4.69) is 0 Å². The van der Waals surface area contributed by atoms with Gasteiger partial charge in [0, 0.05) is 5.02 Å². The Hall–Kier alpha value is -2.52. The fourth-order valence-corrected chi connectivity index (χ4v) is 2.13. The first-order valence-corrected chi connectivity index (χ1v) is 6.72. The Morgan fingerprint density at radius 3 is 2.52 bits per heavy atom. The molecule has 104 valence electrons. The van der Waals surface area contributed by atoms with E-state index in [-0.39, 0.29) is 5.76 Å². The van der Waals surface area contributed by atoms with Crippen molar-refractivity contribution >= 4 is 17.9 Å². The van der Waals surface area contributed by atoms with Gasteiger partial charge >= 0.3 is 0 Å². The zero-order valence-corrected chi connectivity index (χ0v) is 11.7. The maximum Gasteiger partial charge on any atom is 0.185 e. The molecule has 0 unspecified atom stereocenters. The smallest absolute Gasteiger partial charge is 0.185 e. The molecule has 0 fully saturated rings. The second kappa shape index (κ2) is 5.85. The standard InChI is InChI=1S/C17H11ClO3/c18-12-6-8-16(20-13-4-2-1-3-5-13)15(10-12)17-9-7-14(11-19)21-17/h1-11H. The van der Waals surface area contributed by atoms with Crippen molar-refractivity contribution in [2.45, 2.75) is 0 Å². The Morgan fingerprint density at radius 2 is 1.81 bits per heavy atom. The first kappa shape index (κ1) is 13.5. The van der Waals surface area contributed by atoms with Gasteiger partial charge in [-0.05, 0) is 42.5 Å². The topological polar surface area (TPSA) is 39.4 Å². The molecule has 0 spiro atoms. The summed E-state index contributed by atoms with van der Waals surface area (Å²) >= 11 is 6.04. The van der Waals surface area contributed by atoms with Crippen LogP contribution in [-0.4, -0.2) is 6.29 Å². The highest BCUT2D eigenvalue weighted by molar-refractivity contribution is 6.30. The van der Waals surface area contributed by atoms with Crippen LogP contribution in [0.1, 0.15) is 10.6 Å². The number of furan rings is 1. The van der Waals surface area contributed by atoms with E-state index in [4.69, 9.17) is 20.8 Å². The Morgan fingerprint density at radius 1 is 1.00 bits per heavy atom. The summed E-state index contributed by atoms with van der Waals surface area (Å²) < 4.78 is 11.3. The molecule has 0 amide bonds. The predicted molar refractivity (Wildman–Crippen MR) is 81.1 cm³/mol. The normalized spacial score (nSPS) is 10.3. The molecule has 3 rings (SSSR count). The van der Waals surface area contributed by atoms with Crippen LogP contribution in [0.4, 0.5) is 0 Å². The lowest BCUT2D eigenvalue weighted by atomic mass is 10.1. The SMILES string of the molecule is O=Cc1ccc(-c2cc(Cl)ccc2Oc2ccccc2)o1. The van der Waals surface area contributed by atoms with Gasteiger partial charge in [-0.2, -0.15) is 0 Å². The molecule has 0 aliphatic carbocycles. The van der Waals surface area contributed by atoms with E-state index in [0.29, 0.717) is 34.1 Å². The van der Waals surface area contributed by atoms with Crippen LogP contribution in [-0.2, 0) is 0 Å². The minimum Gasteiger partial charge on any atom is -0.457 e. The van der Waals surface area contributed by atoms with Gasteiger partial charge in [-0.25, -0.2) is 0 Å². The van der Waals surface area contributed by atoms with E-state index in [0.717, 1.165) is 0 Å². The summed E-state index contributed by atoms with van der Waals surface area (Å²) in [5.41, 5.74) is 0.694. The van der Waals surface area contributed by atoms with Crippen molar-refractivity contribution in [2.24, 2.45) is 0 Å². The lowest BCUT2D eigenvalue weighted by molar-refractivity contribution is 0.110. The Bertz CT molecular complexity index is 763. The highest BCUT2D eigenvalue weighted by atomic mass is 35.5. The molecular weight excluding hydrogens is 288 g/mol. The van der Waals surface area contributed by atoms with Crippen LogP contribution in [0, 0.1) is 0 Å². The molecule has 0 saturated heterocycles. The summed E-state index contributed by atoms with van der Waals surface area (Å²) in [6, 6.07) is 18.0. The average molecular weight is 299 g/mol. The van der Waals surface area contributed by atoms with Crippen LogP contribution >= 0.6 is 11.6 Å². The molecule has 0 saturated carbocycles. The minimum absolute atomic E-state index is 0.260. The van der Waals surface area contributed by atoms with Gasteiger partial charge in [0.15, 0.2) is 12.0 Å². The van der Waals surface area contributed by atoms with Crippen molar-refractivity contribution in [1.29, 1.82) is 0 Å². The molecule has 0 aliphatic rings. The van der Waals surface area contributed by atoms with E-state index >= 15 is 0 Å². The lowest BCUT2D eigenvalue weighted by Gasteiger charge is -2.10. The number of hydrogen-bond acceptors (Lipinski definition) is 3. The third kappa shape index (κ3) is 2.98. The van der Waals surface area contributed by atoms with Crippen molar-refractivity contribution in [2.75, 3.05) is 0 Å². The van der Waals surface area contributed by atoms with E-state index < -0.39 is 0 Å². The van der Waals surface area contributed by atoms with Crippen LogP contribution < -0.4 is 4.74 Å². The quantitative estimate of drug-likeness (QED) is 0.621. The first-order chi connectivity index (χ1) is 10.3. The second-order valence-corrected chi connectivity index (χ2v) is 4.81. The maximum atomic E-state index is 10.7. The summed E-state index contributed by atoms with van der Waals surface area (Å²) in [6.45, 7) is 0. The summed E-state index contributed by atoms with van der Waals surface area (Å²) in [5, 5.41) is 0.564. The summed E-state index contributed by atoms with van der Waals surface area (Å²) in [7, 11) is 0. The highest BCUT2D eigenvalue weighted by Crippen LogP contribution is 2.36. The second-order valence-electron chi connectivity index (χ2n) is 4.38. The van der Waals surface area contributed by atoms with Gasteiger partial charge in [-0.1, -0.05) is 29.8 Å². The fourth-order valence-electron chi connectivity index (χ4n) is 1.96. The molecule has 3 aromatic rings. The van der Waals surface area contributed by atoms with Crippen molar-refractivity contribution in [1.82, 2.24) is 0 Å². The van der Waals surface area contributed by atoms with E-state index in [1.165, 1.54) is 0 Å². The molecule has 0 bridgehead atoms. The monoisotopic (exact) mass is 298 g/mol. The van der Waals surface area contributed by atoms with Crippen LogP contribution in [0.2, 0.25) is 5.02 Å². The molecule has 0 aliphatic heterocycles. The molecule has 0 N–H and O–H groups in total. The summed E-state index contributed by atoms with van der Waals surface area (Å²) in [6.07, 6.45) is 0.659. The number of halogens is 1. The summed E-state index contributed by atoms with van der Waals surface area (Å²) in [4.78, 5) is 10.7. The molecule has 3 nitrogen and oxygen atoms in total. The van der Waals surface area contributed by atoms with Gasteiger partial charge in [-0.3, -0.25) is 4.79 Å². The van der Waals surface area contributed by atoms with Gasteiger partial charge in [0.1, 0.15) is 17.3 Å². The number of carbonyl (C=O) groups excluding carboxylic acids is 1. The molecule has 2 aromatic carbocycles. The molecule has 0 radical (unpaired) electrons. The molecule has 4 heteroatoms. The first-order valence-electron chi connectivity index (χ1n) is 6.34. The van der Waals surface area contributed by atoms with E-state index in [1.807, 2.05) is 30.3 Å². The van der Waals surface area contributed by atoms with Crippen LogP contribution in [0.15, 0.2) is 65.1 Å². The highest BCUT2D eigenvalue weighted by Gasteiger charge is 2.12. The molecule has 21 heavy (non-hydrogen) atoms. The molecule has 1 heterocycles. The Kier molecular flexibility index (Phi) is 3.75. The van der Waals surface area contributed by atoms with Gasteiger partial charge in [0.2, 0.25) is 0 Å². The number of ether oxygens (including phenoxy) is 1. The van der Waals surface area contributed by atoms with E-state index in [9.17, 15) is 4.79 Å². The zero-order chi connectivity index (χ0) is 14.7. The third-order valence-corrected chi connectivity index (χ3v) is 3.16. The Balaban J connectivity index is 2.02. The predicted octanol–water partition coefficient (Wildman–Crippen LogP) is 5.20. The van der Waals surface area contributed by atoms with Crippen LogP contribution in [0.3, 0.4) is 0 Å². The van der Waals surface area contributed by atoms with E-state index in [1.54, 1.807) is 30.3 Å². The Labute approximate surface area is 126 Å². The molecule has 1 aromatic heterocycles. The zero-order valence-electron chi connectivity index (χ0n) is 11.0. The largest absolute Gasteiger partial charge is 0.457 e. The number of para-hydroxylation sites is 1. The van der Waals surface area contributed by atoms with Gasteiger partial charge in [0.05, 0.1) is 5.56 Å². The number of benzene rings is 2. The number of hydrogen-bond donors (Lipinski definition) is 0. The summed E-state index contributed by atoms with van der Waals surface area (Å²) in [5.74, 6) is 2.11. The van der Waals surface area contributed by atoms with Crippen molar-refractivity contribution < 1.29 is 13.9 Å².